The number of hydrogen-bond acceptors (Lipinski definition) is 5. The van der Waals surface area contributed by atoms with Crippen LogP contribution in [0, 0.1) is 12.8 Å². The number of tetrazole rings is 1. The van der Waals surface area contributed by atoms with E-state index in [-0.39, 0.29) is 19.1 Å². The van der Waals surface area contributed by atoms with E-state index >= 15 is 0 Å². The molecule has 23 heavy (non-hydrogen) atoms. The lowest BCUT2D eigenvalue weighted by Crippen LogP contribution is -2.51. The molecule has 1 atom stereocenters. The summed E-state index contributed by atoms with van der Waals surface area (Å²) in [6, 6.07) is 7.80. The summed E-state index contributed by atoms with van der Waals surface area (Å²) in [5.74, 6) is 0.620. The lowest BCUT2D eigenvalue weighted by Gasteiger charge is -2.28. The number of rotatable bonds is 6. The number of nitrogens with zero attached hydrogens (tertiary/aromatic N) is 4. The first-order valence-electron chi connectivity index (χ1n) is 7.77. The van der Waals surface area contributed by atoms with Gasteiger partial charge in [-0.1, -0.05) is 29.8 Å². The van der Waals surface area contributed by atoms with E-state index in [9.17, 15) is 9.90 Å². The van der Waals surface area contributed by atoms with E-state index in [0.717, 1.165) is 24.0 Å². The van der Waals surface area contributed by atoms with Crippen LogP contribution in [-0.2, 0) is 11.3 Å². The third kappa shape index (κ3) is 3.56. The molecule has 7 heteroatoms. The largest absolute Gasteiger partial charge is 0.394 e. The molecule has 0 saturated heterocycles. The number of carbonyl (C=O) groups is 1. The molecular formula is C16H21N5O2. The van der Waals surface area contributed by atoms with Gasteiger partial charge >= 0.3 is 0 Å². The second-order valence-electron chi connectivity index (χ2n) is 6.41. The first kappa shape index (κ1) is 15.6. The van der Waals surface area contributed by atoms with Gasteiger partial charge in [-0.05, 0) is 37.8 Å². The average molecular weight is 315 g/mol. The van der Waals surface area contributed by atoms with Crippen LogP contribution < -0.4 is 5.32 Å². The molecule has 7 nitrogen and oxygen atoms in total. The quantitative estimate of drug-likeness (QED) is 0.827. The SMILES string of the molecule is Cc1ccc(-c2nnn(CC(=O)NC(C)(CO)C3CC3)n2)cc1. The molecule has 122 valence electrons. The van der Waals surface area contributed by atoms with Crippen LogP contribution in [-0.4, -0.2) is 43.4 Å². The summed E-state index contributed by atoms with van der Waals surface area (Å²) >= 11 is 0. The summed E-state index contributed by atoms with van der Waals surface area (Å²) < 4.78 is 0. The summed E-state index contributed by atoms with van der Waals surface area (Å²) in [7, 11) is 0. The smallest absolute Gasteiger partial charge is 0.244 e. The van der Waals surface area contributed by atoms with Gasteiger partial charge in [0.2, 0.25) is 11.7 Å². The predicted molar refractivity (Wildman–Crippen MR) is 84.3 cm³/mol. The number of aliphatic hydroxyl groups is 1. The molecule has 1 amide bonds. The van der Waals surface area contributed by atoms with Crippen LogP contribution in [0.1, 0.15) is 25.3 Å². The molecule has 1 aromatic heterocycles. The summed E-state index contributed by atoms with van der Waals surface area (Å²) in [5, 5.41) is 24.6. The zero-order valence-corrected chi connectivity index (χ0v) is 13.4. The van der Waals surface area contributed by atoms with Crippen molar-refractivity contribution in [3.63, 3.8) is 0 Å². The topological polar surface area (TPSA) is 92.9 Å². The molecule has 0 radical (unpaired) electrons. The number of benzene rings is 1. The Morgan fingerprint density at radius 1 is 1.39 bits per heavy atom. The Balaban J connectivity index is 1.64. The fourth-order valence-corrected chi connectivity index (χ4v) is 2.61. The van der Waals surface area contributed by atoms with Gasteiger partial charge in [0, 0.05) is 5.56 Å². The van der Waals surface area contributed by atoms with Gasteiger partial charge in [0.25, 0.3) is 0 Å². The minimum atomic E-state index is -0.558. The monoisotopic (exact) mass is 315 g/mol. The fourth-order valence-electron chi connectivity index (χ4n) is 2.61. The molecule has 1 aliphatic carbocycles. The van der Waals surface area contributed by atoms with Gasteiger partial charge in [-0.2, -0.15) is 4.80 Å². The number of aryl methyl sites for hydroxylation is 1. The third-order valence-electron chi connectivity index (χ3n) is 4.28. The highest BCUT2D eigenvalue weighted by molar-refractivity contribution is 5.76. The maximum atomic E-state index is 12.2. The zero-order chi connectivity index (χ0) is 16.4. The van der Waals surface area contributed by atoms with Gasteiger partial charge in [-0.3, -0.25) is 4.79 Å². The Kier molecular flexibility index (Phi) is 4.12. The van der Waals surface area contributed by atoms with Crippen molar-refractivity contribution in [1.82, 2.24) is 25.5 Å². The molecule has 1 saturated carbocycles. The van der Waals surface area contributed by atoms with Crippen molar-refractivity contribution >= 4 is 5.91 Å². The van der Waals surface area contributed by atoms with Gasteiger partial charge in [0.15, 0.2) is 0 Å². The fraction of sp³-hybridized carbons (Fsp3) is 0.500. The first-order chi connectivity index (χ1) is 11.0. The van der Waals surface area contributed by atoms with Crippen molar-refractivity contribution < 1.29 is 9.90 Å². The summed E-state index contributed by atoms with van der Waals surface area (Å²) in [6.45, 7) is 3.80. The number of aromatic nitrogens is 4. The van der Waals surface area contributed by atoms with Gasteiger partial charge in [0.1, 0.15) is 6.54 Å². The number of amides is 1. The highest BCUT2D eigenvalue weighted by atomic mass is 16.3. The highest BCUT2D eigenvalue weighted by Gasteiger charge is 2.42. The summed E-state index contributed by atoms with van der Waals surface area (Å²) in [4.78, 5) is 13.4. The molecule has 1 heterocycles. The Hall–Kier alpha value is -2.28. The maximum Gasteiger partial charge on any atom is 0.244 e. The van der Waals surface area contributed by atoms with Gasteiger partial charge in [-0.25, -0.2) is 0 Å². The maximum absolute atomic E-state index is 12.2. The van der Waals surface area contributed by atoms with Gasteiger partial charge in [-0.15, -0.1) is 10.2 Å². The number of nitrogens with one attached hydrogen (secondary N) is 1. The number of aliphatic hydroxyl groups excluding tert-OH is 1. The van der Waals surface area contributed by atoms with Crippen molar-refractivity contribution in [2.75, 3.05) is 6.61 Å². The molecule has 1 fully saturated rings. The first-order valence-corrected chi connectivity index (χ1v) is 7.77. The Bertz CT molecular complexity index is 693. The third-order valence-corrected chi connectivity index (χ3v) is 4.28. The normalized spacial score (nSPS) is 16.8. The van der Waals surface area contributed by atoms with Crippen molar-refractivity contribution in [1.29, 1.82) is 0 Å². The molecule has 0 spiro atoms. The van der Waals surface area contributed by atoms with E-state index in [1.807, 2.05) is 38.1 Å². The van der Waals surface area contributed by atoms with Gasteiger partial charge in [0.05, 0.1) is 12.1 Å². The number of hydrogen-bond donors (Lipinski definition) is 2. The average Bonchev–Trinajstić information content (AvgIpc) is 3.29. The lowest BCUT2D eigenvalue weighted by atomic mass is 9.97. The van der Waals surface area contributed by atoms with E-state index < -0.39 is 5.54 Å². The molecule has 1 unspecified atom stereocenters. The van der Waals surface area contributed by atoms with E-state index in [0.29, 0.717) is 11.7 Å². The second-order valence-corrected chi connectivity index (χ2v) is 6.41. The van der Waals surface area contributed by atoms with E-state index in [1.165, 1.54) is 4.80 Å². The standard InChI is InChI=1S/C16H21N5O2/c1-11-3-5-12(6-4-11)15-18-20-21(19-15)9-14(23)17-16(2,10-22)13-7-8-13/h3-6,13,22H,7-10H2,1-2H3,(H,17,23). The van der Waals surface area contributed by atoms with Crippen LogP contribution >= 0.6 is 0 Å². The predicted octanol–water partition coefficient (Wildman–Crippen LogP) is 0.926. The summed E-state index contributed by atoms with van der Waals surface area (Å²) in [5.41, 5.74) is 1.46. The Morgan fingerprint density at radius 2 is 2.09 bits per heavy atom. The molecule has 0 aliphatic heterocycles. The van der Waals surface area contributed by atoms with Crippen LogP contribution in [0.25, 0.3) is 11.4 Å². The number of carbonyl (C=O) groups excluding carboxylic acids is 1. The van der Waals surface area contributed by atoms with E-state index in [4.69, 9.17) is 0 Å². The van der Waals surface area contributed by atoms with Gasteiger partial charge < -0.3 is 10.4 Å². The molecule has 2 N–H and O–H groups in total. The van der Waals surface area contributed by atoms with Crippen LogP contribution in [0.2, 0.25) is 0 Å². The van der Waals surface area contributed by atoms with Crippen LogP contribution in [0.5, 0.6) is 0 Å². The Morgan fingerprint density at radius 3 is 2.70 bits per heavy atom. The highest BCUT2D eigenvalue weighted by Crippen LogP contribution is 2.39. The lowest BCUT2D eigenvalue weighted by molar-refractivity contribution is -0.124. The summed E-state index contributed by atoms with van der Waals surface area (Å²) in [6.07, 6.45) is 2.08. The van der Waals surface area contributed by atoms with Crippen molar-refractivity contribution in [3.05, 3.63) is 29.8 Å². The Labute approximate surface area is 134 Å². The van der Waals surface area contributed by atoms with Crippen molar-refractivity contribution in [3.8, 4) is 11.4 Å². The van der Waals surface area contributed by atoms with Crippen LogP contribution in [0.15, 0.2) is 24.3 Å². The van der Waals surface area contributed by atoms with Crippen molar-refractivity contribution in [2.24, 2.45) is 5.92 Å². The minimum absolute atomic E-state index is 0.0127. The van der Waals surface area contributed by atoms with E-state index in [2.05, 4.69) is 20.7 Å². The molecule has 1 aromatic carbocycles. The molecule has 3 rings (SSSR count). The van der Waals surface area contributed by atoms with Crippen molar-refractivity contribution in [2.45, 2.75) is 38.8 Å². The molecule has 0 bridgehead atoms. The van der Waals surface area contributed by atoms with Crippen LogP contribution in [0.4, 0.5) is 0 Å². The minimum Gasteiger partial charge on any atom is -0.394 e. The molecule has 1 aliphatic rings. The zero-order valence-electron chi connectivity index (χ0n) is 13.4. The second kappa shape index (κ2) is 6.08. The molecule has 2 aromatic rings. The molecular weight excluding hydrogens is 294 g/mol. The van der Waals surface area contributed by atoms with E-state index in [1.54, 1.807) is 0 Å². The van der Waals surface area contributed by atoms with Crippen LogP contribution in [0.3, 0.4) is 0 Å².